The normalized spacial score (nSPS) is 9.71. The number of hydrogen-bond acceptors (Lipinski definition) is 4. The summed E-state index contributed by atoms with van der Waals surface area (Å²) >= 11 is 0. The summed E-state index contributed by atoms with van der Waals surface area (Å²) < 4.78 is 10.9. The molecule has 0 unspecified atom stereocenters. The second-order valence-corrected chi connectivity index (χ2v) is 3.60. The molecule has 1 rings (SSSR count). The molecule has 0 fully saturated rings. The van der Waals surface area contributed by atoms with Crippen molar-refractivity contribution in [2.75, 3.05) is 20.3 Å². The summed E-state index contributed by atoms with van der Waals surface area (Å²) in [6, 6.07) is 7.67. The molecule has 1 N–H and O–H groups in total. The average molecular weight is 234 g/mol. The Labute approximate surface area is 102 Å². The topological polar surface area (TPSA) is 54.3 Å². The van der Waals surface area contributed by atoms with Crippen LogP contribution in [-0.2, 0) is 6.54 Å². The quantitative estimate of drug-likeness (QED) is 0.785. The van der Waals surface area contributed by atoms with Crippen molar-refractivity contribution in [2.45, 2.75) is 19.9 Å². The molecule has 0 heterocycles. The van der Waals surface area contributed by atoms with Crippen LogP contribution in [0.4, 0.5) is 0 Å². The van der Waals surface area contributed by atoms with Crippen LogP contribution in [0, 0.1) is 11.3 Å². The van der Waals surface area contributed by atoms with Gasteiger partial charge in [-0.1, -0.05) is 13.0 Å². The molecular formula is C13H18N2O2. The van der Waals surface area contributed by atoms with Crippen LogP contribution in [0.25, 0.3) is 0 Å². The maximum absolute atomic E-state index is 8.54. The zero-order chi connectivity index (χ0) is 12.5. The van der Waals surface area contributed by atoms with Gasteiger partial charge >= 0.3 is 0 Å². The Balaban J connectivity index is 2.81. The fourth-order valence-electron chi connectivity index (χ4n) is 1.43. The monoisotopic (exact) mass is 234 g/mol. The van der Waals surface area contributed by atoms with Crippen LogP contribution in [-0.4, -0.2) is 20.3 Å². The number of nitrogens with zero attached hydrogens (tertiary/aromatic N) is 1. The predicted octanol–water partition coefficient (Wildman–Crippen LogP) is 2.10. The van der Waals surface area contributed by atoms with E-state index in [1.165, 1.54) is 0 Å². The molecule has 17 heavy (non-hydrogen) atoms. The minimum atomic E-state index is 0.0495. The highest BCUT2D eigenvalue weighted by Crippen LogP contribution is 2.25. The summed E-state index contributed by atoms with van der Waals surface area (Å²) in [6.07, 6.45) is 0.965. The van der Waals surface area contributed by atoms with E-state index in [2.05, 4.69) is 12.2 Å². The molecule has 1 aromatic carbocycles. The van der Waals surface area contributed by atoms with Crippen LogP contribution in [0.3, 0.4) is 0 Å². The van der Waals surface area contributed by atoms with E-state index >= 15 is 0 Å². The third kappa shape index (κ3) is 4.33. The van der Waals surface area contributed by atoms with E-state index in [1.807, 2.05) is 31.3 Å². The number of rotatable bonds is 7. The van der Waals surface area contributed by atoms with E-state index in [1.54, 1.807) is 0 Å². The van der Waals surface area contributed by atoms with E-state index in [-0.39, 0.29) is 6.61 Å². The second-order valence-electron chi connectivity index (χ2n) is 3.60. The van der Waals surface area contributed by atoms with E-state index in [0.29, 0.717) is 18.9 Å². The first kappa shape index (κ1) is 13.3. The van der Waals surface area contributed by atoms with Gasteiger partial charge in [0.1, 0.15) is 17.6 Å². The summed E-state index contributed by atoms with van der Waals surface area (Å²) in [4.78, 5) is 0. The Morgan fingerprint density at radius 1 is 1.35 bits per heavy atom. The standard InChI is InChI=1S/C13H18N2O2/c1-3-7-16-12-5-4-11(10-15-2)13(9-12)17-8-6-14/h4-5,9,15H,3,7-8,10H2,1-2H3. The minimum Gasteiger partial charge on any atom is -0.493 e. The molecular weight excluding hydrogens is 216 g/mol. The molecule has 0 saturated heterocycles. The van der Waals surface area contributed by atoms with E-state index in [0.717, 1.165) is 17.7 Å². The van der Waals surface area contributed by atoms with Crippen molar-refractivity contribution in [3.05, 3.63) is 23.8 Å². The van der Waals surface area contributed by atoms with Crippen molar-refractivity contribution < 1.29 is 9.47 Å². The van der Waals surface area contributed by atoms with Crippen molar-refractivity contribution in [1.29, 1.82) is 5.26 Å². The van der Waals surface area contributed by atoms with Gasteiger partial charge in [0.25, 0.3) is 0 Å². The highest BCUT2D eigenvalue weighted by atomic mass is 16.5. The van der Waals surface area contributed by atoms with Gasteiger partial charge in [0.2, 0.25) is 0 Å². The SMILES string of the molecule is CCCOc1ccc(CNC)c(OCC#N)c1. The van der Waals surface area contributed by atoms with Crippen molar-refractivity contribution >= 4 is 0 Å². The molecule has 0 aliphatic rings. The smallest absolute Gasteiger partial charge is 0.174 e. The number of benzene rings is 1. The van der Waals surface area contributed by atoms with E-state index < -0.39 is 0 Å². The lowest BCUT2D eigenvalue weighted by Gasteiger charge is -2.11. The molecule has 0 amide bonds. The molecule has 1 aromatic rings. The molecule has 0 aliphatic carbocycles. The molecule has 4 heteroatoms. The van der Waals surface area contributed by atoms with Gasteiger partial charge in [0.15, 0.2) is 6.61 Å². The molecule has 0 aliphatic heterocycles. The lowest BCUT2D eigenvalue weighted by molar-refractivity contribution is 0.311. The van der Waals surface area contributed by atoms with Crippen LogP contribution in [0.1, 0.15) is 18.9 Å². The maximum atomic E-state index is 8.54. The molecule has 0 spiro atoms. The highest BCUT2D eigenvalue weighted by molar-refractivity contribution is 5.40. The Bertz CT molecular complexity index is 385. The van der Waals surface area contributed by atoms with Crippen LogP contribution in [0.15, 0.2) is 18.2 Å². The Hall–Kier alpha value is -1.73. The van der Waals surface area contributed by atoms with Crippen molar-refractivity contribution in [1.82, 2.24) is 5.32 Å². The van der Waals surface area contributed by atoms with Gasteiger partial charge < -0.3 is 14.8 Å². The third-order valence-electron chi connectivity index (χ3n) is 2.17. The molecule has 0 saturated carbocycles. The molecule has 0 radical (unpaired) electrons. The van der Waals surface area contributed by atoms with E-state index in [4.69, 9.17) is 14.7 Å². The van der Waals surface area contributed by atoms with Gasteiger partial charge in [0.05, 0.1) is 6.61 Å². The minimum absolute atomic E-state index is 0.0495. The Kier molecular flexibility index (Phi) is 5.91. The molecule has 0 bridgehead atoms. The maximum Gasteiger partial charge on any atom is 0.174 e. The van der Waals surface area contributed by atoms with Gasteiger partial charge in [-0.2, -0.15) is 5.26 Å². The summed E-state index contributed by atoms with van der Waals surface area (Å²) in [7, 11) is 1.87. The number of hydrogen-bond donors (Lipinski definition) is 1. The number of nitriles is 1. The second kappa shape index (κ2) is 7.53. The summed E-state index contributed by atoms with van der Waals surface area (Å²) in [5, 5.41) is 11.6. The van der Waals surface area contributed by atoms with Crippen molar-refractivity contribution in [3.8, 4) is 17.6 Å². The third-order valence-corrected chi connectivity index (χ3v) is 2.17. The first-order chi connectivity index (χ1) is 8.31. The van der Waals surface area contributed by atoms with Gasteiger partial charge in [-0.15, -0.1) is 0 Å². The van der Waals surface area contributed by atoms with Gasteiger partial charge in [-0.25, -0.2) is 0 Å². The lowest BCUT2D eigenvalue weighted by atomic mass is 10.2. The lowest BCUT2D eigenvalue weighted by Crippen LogP contribution is -2.08. The van der Waals surface area contributed by atoms with Crippen LogP contribution in [0.2, 0.25) is 0 Å². The van der Waals surface area contributed by atoms with Crippen molar-refractivity contribution in [2.24, 2.45) is 0 Å². The summed E-state index contributed by atoms with van der Waals surface area (Å²) in [5.41, 5.74) is 1.02. The predicted molar refractivity (Wildman–Crippen MR) is 66.1 cm³/mol. The van der Waals surface area contributed by atoms with Crippen LogP contribution < -0.4 is 14.8 Å². The molecule has 4 nitrogen and oxygen atoms in total. The summed E-state index contributed by atoms with van der Waals surface area (Å²) in [6.45, 7) is 3.49. The first-order valence-electron chi connectivity index (χ1n) is 5.72. The molecule has 0 aromatic heterocycles. The van der Waals surface area contributed by atoms with Crippen LogP contribution >= 0.6 is 0 Å². The van der Waals surface area contributed by atoms with Crippen LogP contribution in [0.5, 0.6) is 11.5 Å². The Morgan fingerprint density at radius 2 is 2.18 bits per heavy atom. The highest BCUT2D eigenvalue weighted by Gasteiger charge is 2.05. The average Bonchev–Trinajstić information content (AvgIpc) is 2.36. The van der Waals surface area contributed by atoms with Gasteiger partial charge in [-0.05, 0) is 19.5 Å². The molecule has 92 valence electrons. The van der Waals surface area contributed by atoms with Gasteiger partial charge in [-0.3, -0.25) is 0 Å². The number of ether oxygens (including phenoxy) is 2. The largest absolute Gasteiger partial charge is 0.493 e. The zero-order valence-corrected chi connectivity index (χ0v) is 10.3. The fourth-order valence-corrected chi connectivity index (χ4v) is 1.43. The van der Waals surface area contributed by atoms with E-state index in [9.17, 15) is 0 Å². The first-order valence-corrected chi connectivity index (χ1v) is 5.72. The summed E-state index contributed by atoms with van der Waals surface area (Å²) in [5.74, 6) is 1.48. The van der Waals surface area contributed by atoms with Gasteiger partial charge in [0, 0.05) is 18.2 Å². The number of nitrogens with one attached hydrogen (secondary N) is 1. The fraction of sp³-hybridized carbons (Fsp3) is 0.462. The Morgan fingerprint density at radius 3 is 2.82 bits per heavy atom. The zero-order valence-electron chi connectivity index (χ0n) is 10.3. The molecule has 0 atom stereocenters. The van der Waals surface area contributed by atoms with Crippen molar-refractivity contribution in [3.63, 3.8) is 0 Å².